The molecule has 2 N–H and O–H groups in total. The Morgan fingerprint density at radius 3 is 2.50 bits per heavy atom. The number of nitrogens with zero attached hydrogens (tertiary/aromatic N) is 1. The first kappa shape index (κ1) is 12.4. The lowest BCUT2D eigenvalue weighted by atomic mass is 10.1. The van der Waals surface area contributed by atoms with Gasteiger partial charge in [0.1, 0.15) is 11.6 Å². The molecule has 0 spiro atoms. The quantitative estimate of drug-likeness (QED) is 0.871. The lowest BCUT2D eigenvalue weighted by Gasteiger charge is -2.15. The maximum atomic E-state index is 11.3. The van der Waals surface area contributed by atoms with Gasteiger partial charge in [-0.25, -0.2) is 4.98 Å². The standard InChI is InChI=1S/C14H17N3O/c1-9-4-6-12(7-5-9)10(2)15-13-8-14(18)17-11(3)16-13/h4-8,10H,1-3H3,(H2,15,16,17,18). The molecule has 4 nitrogen and oxygen atoms in total. The van der Waals surface area contributed by atoms with Crippen molar-refractivity contribution in [2.75, 3.05) is 5.32 Å². The summed E-state index contributed by atoms with van der Waals surface area (Å²) in [5.41, 5.74) is 2.26. The number of aryl methyl sites for hydroxylation is 2. The second-order valence-electron chi connectivity index (χ2n) is 4.49. The van der Waals surface area contributed by atoms with Crippen LogP contribution in [0, 0.1) is 13.8 Å². The van der Waals surface area contributed by atoms with Gasteiger partial charge in [0.15, 0.2) is 0 Å². The molecule has 1 unspecified atom stereocenters. The number of anilines is 1. The summed E-state index contributed by atoms with van der Waals surface area (Å²) in [6, 6.07) is 9.88. The predicted molar refractivity (Wildman–Crippen MR) is 72.8 cm³/mol. The molecule has 1 atom stereocenters. The molecule has 0 bridgehead atoms. The van der Waals surface area contributed by atoms with Gasteiger partial charge < -0.3 is 10.3 Å². The molecule has 0 fully saturated rings. The summed E-state index contributed by atoms with van der Waals surface area (Å²) in [5.74, 6) is 1.21. The monoisotopic (exact) mass is 243 g/mol. The first-order chi connectivity index (χ1) is 8.54. The van der Waals surface area contributed by atoms with Crippen LogP contribution in [-0.4, -0.2) is 9.97 Å². The Balaban J connectivity index is 2.18. The zero-order valence-electron chi connectivity index (χ0n) is 10.8. The van der Waals surface area contributed by atoms with Gasteiger partial charge in [-0.05, 0) is 26.3 Å². The van der Waals surface area contributed by atoms with Crippen molar-refractivity contribution in [2.24, 2.45) is 0 Å². The van der Waals surface area contributed by atoms with E-state index in [1.807, 2.05) is 6.92 Å². The van der Waals surface area contributed by atoms with E-state index in [0.29, 0.717) is 11.6 Å². The molecular weight excluding hydrogens is 226 g/mol. The Morgan fingerprint density at radius 1 is 1.22 bits per heavy atom. The van der Waals surface area contributed by atoms with Gasteiger partial charge in [-0.1, -0.05) is 29.8 Å². The van der Waals surface area contributed by atoms with Gasteiger partial charge in [-0.15, -0.1) is 0 Å². The molecule has 18 heavy (non-hydrogen) atoms. The van der Waals surface area contributed by atoms with Gasteiger partial charge in [-0.2, -0.15) is 0 Å². The van der Waals surface area contributed by atoms with Crippen LogP contribution in [0.3, 0.4) is 0 Å². The minimum absolute atomic E-state index is 0.110. The molecule has 0 saturated carbocycles. The number of hydrogen-bond donors (Lipinski definition) is 2. The molecular formula is C14H17N3O. The smallest absolute Gasteiger partial charge is 0.252 e. The predicted octanol–water partition coefficient (Wildman–Crippen LogP) is 2.56. The normalized spacial score (nSPS) is 12.2. The average molecular weight is 243 g/mol. The summed E-state index contributed by atoms with van der Waals surface area (Å²) >= 11 is 0. The fourth-order valence-corrected chi connectivity index (χ4v) is 1.81. The second-order valence-corrected chi connectivity index (χ2v) is 4.49. The van der Waals surface area contributed by atoms with Crippen LogP contribution in [0.1, 0.15) is 29.9 Å². The van der Waals surface area contributed by atoms with Crippen molar-refractivity contribution in [1.82, 2.24) is 9.97 Å². The molecule has 2 aromatic rings. The molecule has 0 aliphatic rings. The van der Waals surface area contributed by atoms with Gasteiger partial charge >= 0.3 is 0 Å². The van der Waals surface area contributed by atoms with Crippen LogP contribution in [0.25, 0.3) is 0 Å². The van der Waals surface area contributed by atoms with E-state index in [0.717, 1.165) is 0 Å². The zero-order valence-corrected chi connectivity index (χ0v) is 10.8. The highest BCUT2D eigenvalue weighted by Gasteiger charge is 2.06. The van der Waals surface area contributed by atoms with Crippen molar-refractivity contribution in [3.8, 4) is 0 Å². The highest BCUT2D eigenvalue weighted by Crippen LogP contribution is 2.17. The van der Waals surface area contributed by atoms with Crippen molar-refractivity contribution in [3.05, 3.63) is 57.6 Å². The van der Waals surface area contributed by atoms with Crippen molar-refractivity contribution in [2.45, 2.75) is 26.8 Å². The van der Waals surface area contributed by atoms with Crippen LogP contribution >= 0.6 is 0 Å². The van der Waals surface area contributed by atoms with Crippen molar-refractivity contribution < 1.29 is 0 Å². The number of H-pyrrole nitrogens is 1. The van der Waals surface area contributed by atoms with E-state index in [1.165, 1.54) is 17.2 Å². The Kier molecular flexibility index (Phi) is 3.46. The second kappa shape index (κ2) is 5.04. The minimum atomic E-state index is -0.138. The lowest BCUT2D eigenvalue weighted by molar-refractivity contribution is 0.863. The number of rotatable bonds is 3. The molecule has 0 saturated heterocycles. The average Bonchev–Trinajstić information content (AvgIpc) is 2.28. The maximum Gasteiger partial charge on any atom is 0.252 e. The van der Waals surface area contributed by atoms with Gasteiger partial charge in [0.2, 0.25) is 0 Å². The molecule has 1 aromatic heterocycles. The van der Waals surface area contributed by atoms with E-state index in [-0.39, 0.29) is 11.6 Å². The SMILES string of the molecule is Cc1ccc(C(C)Nc2cc(=O)[nH]c(C)n2)cc1. The summed E-state index contributed by atoms with van der Waals surface area (Å²) < 4.78 is 0. The zero-order chi connectivity index (χ0) is 13.1. The lowest BCUT2D eigenvalue weighted by Crippen LogP contribution is -2.14. The molecule has 0 aliphatic carbocycles. The molecule has 0 radical (unpaired) electrons. The van der Waals surface area contributed by atoms with E-state index < -0.39 is 0 Å². The van der Waals surface area contributed by atoms with Crippen LogP contribution < -0.4 is 10.9 Å². The van der Waals surface area contributed by atoms with Crippen molar-refractivity contribution in [3.63, 3.8) is 0 Å². The summed E-state index contributed by atoms with van der Waals surface area (Å²) in [7, 11) is 0. The Bertz CT molecular complexity index is 587. The molecule has 1 aromatic carbocycles. The van der Waals surface area contributed by atoms with Crippen molar-refractivity contribution >= 4 is 5.82 Å². The highest BCUT2D eigenvalue weighted by atomic mass is 16.1. The Labute approximate surface area is 106 Å². The summed E-state index contributed by atoms with van der Waals surface area (Å²) in [4.78, 5) is 18.2. The summed E-state index contributed by atoms with van der Waals surface area (Å²) in [6.07, 6.45) is 0. The number of aromatic nitrogens is 2. The van der Waals surface area contributed by atoms with E-state index in [9.17, 15) is 4.79 Å². The van der Waals surface area contributed by atoms with Crippen LogP contribution in [-0.2, 0) is 0 Å². The maximum absolute atomic E-state index is 11.3. The number of nitrogens with one attached hydrogen (secondary N) is 2. The van der Waals surface area contributed by atoms with Crippen LogP contribution in [0.5, 0.6) is 0 Å². The van der Waals surface area contributed by atoms with Crippen molar-refractivity contribution in [1.29, 1.82) is 0 Å². The third-order valence-electron chi connectivity index (χ3n) is 2.80. The molecule has 0 aliphatic heterocycles. The van der Waals surface area contributed by atoms with E-state index >= 15 is 0 Å². The number of hydrogen-bond acceptors (Lipinski definition) is 3. The van der Waals surface area contributed by atoms with Gasteiger partial charge in [0.05, 0.1) is 0 Å². The van der Waals surface area contributed by atoms with Gasteiger partial charge in [0, 0.05) is 12.1 Å². The van der Waals surface area contributed by atoms with Crippen LogP contribution in [0.15, 0.2) is 35.1 Å². The summed E-state index contributed by atoms with van der Waals surface area (Å²) in [5, 5.41) is 3.23. The molecule has 94 valence electrons. The van der Waals surface area contributed by atoms with E-state index in [4.69, 9.17) is 0 Å². The van der Waals surface area contributed by atoms with Crippen LogP contribution in [0.2, 0.25) is 0 Å². The Hall–Kier alpha value is -2.10. The first-order valence-electron chi connectivity index (χ1n) is 5.95. The fourth-order valence-electron chi connectivity index (χ4n) is 1.81. The third kappa shape index (κ3) is 2.97. The molecule has 2 rings (SSSR count). The fraction of sp³-hybridized carbons (Fsp3) is 0.286. The largest absolute Gasteiger partial charge is 0.363 e. The topological polar surface area (TPSA) is 57.8 Å². The summed E-state index contributed by atoms with van der Waals surface area (Å²) in [6.45, 7) is 5.87. The number of benzene rings is 1. The van der Waals surface area contributed by atoms with E-state index in [1.54, 1.807) is 6.92 Å². The highest BCUT2D eigenvalue weighted by molar-refractivity contribution is 5.37. The number of aromatic amines is 1. The molecule has 0 amide bonds. The minimum Gasteiger partial charge on any atom is -0.363 e. The van der Waals surface area contributed by atoms with Gasteiger partial charge in [-0.3, -0.25) is 4.79 Å². The molecule has 1 heterocycles. The Morgan fingerprint density at radius 2 is 1.89 bits per heavy atom. The first-order valence-corrected chi connectivity index (χ1v) is 5.95. The third-order valence-corrected chi connectivity index (χ3v) is 2.80. The van der Waals surface area contributed by atoms with E-state index in [2.05, 4.69) is 46.5 Å². The van der Waals surface area contributed by atoms with Crippen LogP contribution in [0.4, 0.5) is 5.82 Å². The van der Waals surface area contributed by atoms with Gasteiger partial charge in [0.25, 0.3) is 5.56 Å². The molecule has 4 heteroatoms.